The summed E-state index contributed by atoms with van der Waals surface area (Å²) >= 11 is 1.60. The maximum Gasteiger partial charge on any atom is 0.188 e. The van der Waals surface area contributed by atoms with Crippen LogP contribution in [0.5, 0.6) is 0 Å². The van der Waals surface area contributed by atoms with Crippen LogP contribution in [-0.4, -0.2) is 9.97 Å². The standard InChI is InChI=1S/C11H12N4S/c12-8-2-1-5-13-10(8)15-11-14-9(6-16-11)7-3-4-7/h1-2,5-7H,3-4,12H2,(H,13,14,15). The van der Waals surface area contributed by atoms with E-state index < -0.39 is 0 Å². The molecule has 2 aromatic rings. The van der Waals surface area contributed by atoms with Crippen LogP contribution in [0.1, 0.15) is 24.5 Å². The third-order valence-electron chi connectivity index (χ3n) is 2.58. The Morgan fingerprint density at radius 2 is 2.31 bits per heavy atom. The van der Waals surface area contributed by atoms with Gasteiger partial charge in [0.1, 0.15) is 0 Å². The summed E-state index contributed by atoms with van der Waals surface area (Å²) in [6, 6.07) is 3.64. The summed E-state index contributed by atoms with van der Waals surface area (Å²) < 4.78 is 0. The van der Waals surface area contributed by atoms with Crippen molar-refractivity contribution in [1.82, 2.24) is 9.97 Å². The Morgan fingerprint density at radius 3 is 3.06 bits per heavy atom. The average Bonchev–Trinajstić information content (AvgIpc) is 3.03. The summed E-state index contributed by atoms with van der Waals surface area (Å²) in [6.07, 6.45) is 4.26. The second-order valence-corrected chi connectivity index (χ2v) is 4.78. The number of aromatic nitrogens is 2. The average molecular weight is 232 g/mol. The first-order chi connectivity index (χ1) is 7.83. The smallest absolute Gasteiger partial charge is 0.188 e. The second kappa shape index (κ2) is 3.75. The summed E-state index contributed by atoms with van der Waals surface area (Å²) in [6.45, 7) is 0. The Balaban J connectivity index is 1.80. The first-order valence-corrected chi connectivity index (χ1v) is 6.14. The molecule has 2 aromatic heterocycles. The molecule has 3 rings (SSSR count). The molecule has 0 aliphatic heterocycles. The molecular weight excluding hydrogens is 220 g/mol. The second-order valence-electron chi connectivity index (χ2n) is 3.92. The molecule has 5 heteroatoms. The van der Waals surface area contributed by atoms with E-state index in [2.05, 4.69) is 20.7 Å². The van der Waals surface area contributed by atoms with Crippen molar-refractivity contribution in [3.63, 3.8) is 0 Å². The number of hydrogen-bond donors (Lipinski definition) is 2. The van der Waals surface area contributed by atoms with Crippen LogP contribution in [-0.2, 0) is 0 Å². The van der Waals surface area contributed by atoms with Crippen molar-refractivity contribution in [2.45, 2.75) is 18.8 Å². The van der Waals surface area contributed by atoms with Gasteiger partial charge in [0, 0.05) is 17.5 Å². The van der Waals surface area contributed by atoms with Crippen LogP contribution in [0.3, 0.4) is 0 Å². The van der Waals surface area contributed by atoms with Crippen molar-refractivity contribution >= 4 is 28.0 Å². The summed E-state index contributed by atoms with van der Waals surface area (Å²) in [5, 5.41) is 6.12. The molecule has 4 nitrogen and oxygen atoms in total. The number of pyridine rings is 1. The lowest BCUT2D eigenvalue weighted by molar-refractivity contribution is 1.05. The summed E-state index contributed by atoms with van der Waals surface area (Å²) in [4.78, 5) is 8.69. The molecule has 1 fully saturated rings. The van der Waals surface area contributed by atoms with Crippen molar-refractivity contribution < 1.29 is 0 Å². The Morgan fingerprint density at radius 1 is 1.44 bits per heavy atom. The van der Waals surface area contributed by atoms with E-state index in [0.29, 0.717) is 17.4 Å². The lowest BCUT2D eigenvalue weighted by Crippen LogP contribution is -1.98. The minimum absolute atomic E-state index is 0.644. The molecular formula is C11H12N4S. The molecule has 0 bridgehead atoms. The highest BCUT2D eigenvalue weighted by atomic mass is 32.1. The monoisotopic (exact) mass is 232 g/mol. The molecule has 0 radical (unpaired) electrons. The van der Waals surface area contributed by atoms with Gasteiger partial charge in [-0.25, -0.2) is 9.97 Å². The normalized spacial score (nSPS) is 15.0. The molecule has 2 heterocycles. The van der Waals surface area contributed by atoms with E-state index in [-0.39, 0.29) is 0 Å². The molecule has 1 aliphatic rings. The van der Waals surface area contributed by atoms with E-state index in [9.17, 15) is 0 Å². The third-order valence-corrected chi connectivity index (χ3v) is 3.36. The highest BCUT2D eigenvalue weighted by molar-refractivity contribution is 7.13. The van der Waals surface area contributed by atoms with E-state index in [0.717, 1.165) is 5.13 Å². The van der Waals surface area contributed by atoms with Crippen LogP contribution in [0.4, 0.5) is 16.6 Å². The van der Waals surface area contributed by atoms with Crippen molar-refractivity contribution in [3.8, 4) is 0 Å². The van der Waals surface area contributed by atoms with Crippen LogP contribution >= 0.6 is 11.3 Å². The van der Waals surface area contributed by atoms with Gasteiger partial charge in [-0.3, -0.25) is 0 Å². The van der Waals surface area contributed by atoms with Gasteiger partial charge in [0.15, 0.2) is 10.9 Å². The van der Waals surface area contributed by atoms with E-state index in [1.54, 1.807) is 17.5 Å². The lowest BCUT2D eigenvalue weighted by Gasteiger charge is -2.03. The largest absolute Gasteiger partial charge is 0.396 e. The van der Waals surface area contributed by atoms with Gasteiger partial charge in [-0.15, -0.1) is 11.3 Å². The van der Waals surface area contributed by atoms with E-state index in [1.165, 1.54) is 18.5 Å². The first kappa shape index (κ1) is 9.59. The number of anilines is 3. The zero-order chi connectivity index (χ0) is 11.0. The zero-order valence-corrected chi connectivity index (χ0v) is 9.50. The molecule has 0 atom stereocenters. The lowest BCUT2D eigenvalue weighted by atomic mass is 10.3. The fraction of sp³-hybridized carbons (Fsp3) is 0.273. The Bertz CT molecular complexity index is 504. The van der Waals surface area contributed by atoms with Gasteiger partial charge in [-0.1, -0.05) is 0 Å². The van der Waals surface area contributed by atoms with Gasteiger partial charge in [0.2, 0.25) is 0 Å². The highest BCUT2D eigenvalue weighted by Gasteiger charge is 2.26. The van der Waals surface area contributed by atoms with Gasteiger partial charge >= 0.3 is 0 Å². The van der Waals surface area contributed by atoms with Gasteiger partial charge < -0.3 is 11.1 Å². The number of hydrogen-bond acceptors (Lipinski definition) is 5. The molecule has 3 N–H and O–H groups in total. The van der Waals surface area contributed by atoms with Crippen LogP contribution in [0.2, 0.25) is 0 Å². The number of thiazole rings is 1. The van der Waals surface area contributed by atoms with Crippen LogP contribution < -0.4 is 11.1 Å². The maximum atomic E-state index is 5.80. The van der Waals surface area contributed by atoms with E-state index in [4.69, 9.17) is 5.73 Å². The van der Waals surface area contributed by atoms with Gasteiger partial charge in [0.25, 0.3) is 0 Å². The summed E-state index contributed by atoms with van der Waals surface area (Å²) in [7, 11) is 0. The van der Waals surface area contributed by atoms with E-state index >= 15 is 0 Å². The quantitative estimate of drug-likeness (QED) is 0.854. The predicted molar refractivity (Wildman–Crippen MR) is 66.0 cm³/mol. The highest BCUT2D eigenvalue weighted by Crippen LogP contribution is 2.41. The number of nitrogens with zero attached hydrogens (tertiary/aromatic N) is 2. The summed E-state index contributed by atoms with van der Waals surface area (Å²) in [5.41, 5.74) is 7.64. The molecule has 0 amide bonds. The Labute approximate surface area is 97.5 Å². The molecule has 1 saturated carbocycles. The minimum Gasteiger partial charge on any atom is -0.396 e. The van der Waals surface area contributed by atoms with Gasteiger partial charge in [-0.05, 0) is 25.0 Å². The minimum atomic E-state index is 0.644. The number of rotatable bonds is 3. The van der Waals surface area contributed by atoms with Gasteiger partial charge in [-0.2, -0.15) is 0 Å². The molecule has 0 saturated heterocycles. The SMILES string of the molecule is Nc1cccnc1Nc1nc(C2CC2)cs1. The molecule has 0 unspecified atom stereocenters. The van der Waals surface area contributed by atoms with Crippen molar-refractivity contribution in [3.05, 3.63) is 29.4 Å². The van der Waals surface area contributed by atoms with Crippen molar-refractivity contribution in [2.24, 2.45) is 0 Å². The topological polar surface area (TPSA) is 63.8 Å². The van der Waals surface area contributed by atoms with Crippen molar-refractivity contribution in [2.75, 3.05) is 11.1 Å². The number of nitrogen functional groups attached to an aromatic ring is 1. The summed E-state index contributed by atoms with van der Waals surface area (Å²) in [5.74, 6) is 1.37. The fourth-order valence-electron chi connectivity index (χ4n) is 1.53. The maximum absolute atomic E-state index is 5.80. The first-order valence-electron chi connectivity index (χ1n) is 5.26. The third kappa shape index (κ3) is 1.86. The predicted octanol–water partition coefficient (Wildman–Crippen LogP) is 2.74. The molecule has 1 aliphatic carbocycles. The van der Waals surface area contributed by atoms with E-state index in [1.807, 2.05) is 12.1 Å². The fourth-order valence-corrected chi connectivity index (χ4v) is 2.32. The molecule has 0 spiro atoms. The Kier molecular flexibility index (Phi) is 2.25. The van der Waals surface area contributed by atoms with Crippen LogP contribution in [0.25, 0.3) is 0 Å². The molecule has 0 aromatic carbocycles. The Hall–Kier alpha value is -1.62. The molecule has 16 heavy (non-hydrogen) atoms. The van der Waals surface area contributed by atoms with Crippen LogP contribution in [0, 0.1) is 0 Å². The van der Waals surface area contributed by atoms with Crippen LogP contribution in [0.15, 0.2) is 23.7 Å². The number of nitrogens with two attached hydrogens (primary N) is 1. The zero-order valence-electron chi connectivity index (χ0n) is 8.68. The van der Waals surface area contributed by atoms with Gasteiger partial charge in [0.05, 0.1) is 11.4 Å². The molecule has 82 valence electrons. The number of nitrogens with one attached hydrogen (secondary N) is 1. The van der Waals surface area contributed by atoms with Crippen molar-refractivity contribution in [1.29, 1.82) is 0 Å².